The molecule has 0 aromatic rings. The Hall–Kier alpha value is -0.810. The number of likely N-dealkylation sites (tertiary alicyclic amines) is 1. The summed E-state index contributed by atoms with van der Waals surface area (Å²) in [6, 6.07) is -0.466. The van der Waals surface area contributed by atoms with Gasteiger partial charge >= 0.3 is 6.03 Å². The third kappa shape index (κ3) is 4.37. The van der Waals surface area contributed by atoms with E-state index in [-0.39, 0.29) is 0 Å². The van der Waals surface area contributed by atoms with Crippen molar-refractivity contribution >= 4 is 23.5 Å². The van der Waals surface area contributed by atoms with Gasteiger partial charge in [-0.2, -0.15) is 0 Å². The van der Waals surface area contributed by atoms with Crippen molar-refractivity contribution in [2.24, 2.45) is 5.92 Å². The molecule has 2 atom stereocenters. The summed E-state index contributed by atoms with van der Waals surface area (Å²) in [4.78, 5) is 24.6. The van der Waals surface area contributed by atoms with E-state index in [4.69, 9.17) is 11.6 Å². The quantitative estimate of drug-likeness (QED) is 0.710. The van der Waals surface area contributed by atoms with Gasteiger partial charge in [-0.25, -0.2) is 4.79 Å². The van der Waals surface area contributed by atoms with Crippen LogP contribution in [0.5, 0.6) is 0 Å². The number of rotatable bonds is 3. The van der Waals surface area contributed by atoms with Crippen LogP contribution in [0.3, 0.4) is 0 Å². The number of nitrogens with zero attached hydrogens (tertiary/aromatic N) is 1. The van der Waals surface area contributed by atoms with Crippen LogP contribution in [0.1, 0.15) is 13.3 Å². The van der Waals surface area contributed by atoms with Crippen molar-refractivity contribution in [2.45, 2.75) is 18.7 Å². The van der Waals surface area contributed by atoms with Crippen molar-refractivity contribution in [1.82, 2.24) is 15.5 Å². The maximum atomic E-state index is 11.3. The van der Waals surface area contributed by atoms with Gasteiger partial charge in [0, 0.05) is 13.1 Å². The zero-order valence-corrected chi connectivity index (χ0v) is 10.4. The minimum Gasteiger partial charge on any atom is -0.337 e. The Morgan fingerprint density at radius 1 is 1.56 bits per heavy atom. The molecule has 1 aliphatic rings. The van der Waals surface area contributed by atoms with Gasteiger partial charge in [0.15, 0.2) is 0 Å². The van der Waals surface area contributed by atoms with Crippen molar-refractivity contribution in [2.75, 3.05) is 26.7 Å². The summed E-state index contributed by atoms with van der Waals surface area (Å²) < 4.78 is 0. The smallest absolute Gasteiger partial charge is 0.321 e. The number of hydrogen-bond acceptors (Lipinski definition) is 3. The molecular formula is C10H18ClN3O2. The molecule has 2 unspecified atom stereocenters. The largest absolute Gasteiger partial charge is 0.337 e. The molecule has 1 saturated heterocycles. The molecule has 6 heteroatoms. The molecule has 16 heavy (non-hydrogen) atoms. The van der Waals surface area contributed by atoms with Gasteiger partial charge in [0.25, 0.3) is 0 Å². The lowest BCUT2D eigenvalue weighted by atomic mass is 10.1. The van der Waals surface area contributed by atoms with E-state index in [0.29, 0.717) is 12.5 Å². The van der Waals surface area contributed by atoms with Crippen LogP contribution in [-0.2, 0) is 4.79 Å². The van der Waals surface area contributed by atoms with Crippen molar-refractivity contribution in [1.29, 1.82) is 0 Å². The van der Waals surface area contributed by atoms with E-state index < -0.39 is 17.3 Å². The molecule has 0 saturated carbocycles. The van der Waals surface area contributed by atoms with Crippen LogP contribution in [0.25, 0.3) is 0 Å². The molecule has 3 amide bonds. The van der Waals surface area contributed by atoms with Gasteiger partial charge in [0.05, 0.1) is 0 Å². The number of hydrogen-bond donors (Lipinski definition) is 2. The zero-order chi connectivity index (χ0) is 12.1. The first-order chi connectivity index (χ1) is 7.49. The van der Waals surface area contributed by atoms with E-state index in [1.807, 2.05) is 0 Å². The third-order valence-electron chi connectivity index (χ3n) is 2.64. The molecule has 0 aromatic heterocycles. The van der Waals surface area contributed by atoms with Gasteiger partial charge in [-0.05, 0) is 32.9 Å². The maximum Gasteiger partial charge on any atom is 0.321 e. The Bertz CT molecular complexity index is 271. The average Bonchev–Trinajstić information content (AvgIpc) is 2.61. The van der Waals surface area contributed by atoms with Gasteiger partial charge in [0.1, 0.15) is 5.38 Å². The molecule has 0 bridgehead atoms. The Morgan fingerprint density at radius 2 is 2.25 bits per heavy atom. The Morgan fingerprint density at radius 3 is 2.75 bits per heavy atom. The fourth-order valence-corrected chi connectivity index (χ4v) is 1.74. The topological polar surface area (TPSA) is 61.4 Å². The van der Waals surface area contributed by atoms with Crippen LogP contribution in [0, 0.1) is 5.92 Å². The van der Waals surface area contributed by atoms with Crippen molar-refractivity contribution in [3.63, 3.8) is 0 Å². The minimum atomic E-state index is -0.691. The molecule has 0 aliphatic carbocycles. The highest BCUT2D eigenvalue weighted by atomic mass is 35.5. The number of nitrogens with one attached hydrogen (secondary N) is 2. The zero-order valence-electron chi connectivity index (χ0n) is 9.62. The van der Waals surface area contributed by atoms with Crippen LogP contribution in [0.4, 0.5) is 4.79 Å². The van der Waals surface area contributed by atoms with Gasteiger partial charge in [-0.1, -0.05) is 0 Å². The summed E-state index contributed by atoms with van der Waals surface area (Å²) >= 11 is 5.52. The molecule has 1 rings (SSSR count). The van der Waals surface area contributed by atoms with Crippen LogP contribution in [0.15, 0.2) is 0 Å². The first-order valence-electron chi connectivity index (χ1n) is 5.40. The van der Waals surface area contributed by atoms with E-state index in [1.54, 1.807) is 0 Å². The van der Waals surface area contributed by atoms with Gasteiger partial charge < -0.3 is 10.2 Å². The first-order valence-corrected chi connectivity index (χ1v) is 5.84. The van der Waals surface area contributed by atoms with Gasteiger partial charge in [0.2, 0.25) is 5.91 Å². The highest BCUT2D eigenvalue weighted by Gasteiger charge is 2.20. The molecule has 1 aliphatic heterocycles. The van der Waals surface area contributed by atoms with Crippen molar-refractivity contribution in [3.05, 3.63) is 0 Å². The highest BCUT2D eigenvalue weighted by Crippen LogP contribution is 2.12. The van der Waals surface area contributed by atoms with Crippen LogP contribution >= 0.6 is 11.6 Å². The normalized spacial score (nSPS) is 22.8. The minimum absolute atomic E-state index is 0.466. The number of carbonyl (C=O) groups is 2. The number of urea groups is 1. The highest BCUT2D eigenvalue weighted by molar-refractivity contribution is 6.31. The lowest BCUT2D eigenvalue weighted by molar-refractivity contribution is -0.119. The van der Waals surface area contributed by atoms with E-state index in [1.165, 1.54) is 6.92 Å². The maximum absolute atomic E-state index is 11.3. The van der Waals surface area contributed by atoms with Gasteiger partial charge in [-0.3, -0.25) is 10.1 Å². The number of halogens is 1. The third-order valence-corrected chi connectivity index (χ3v) is 2.84. The summed E-state index contributed by atoms with van der Waals surface area (Å²) in [6.45, 7) is 4.17. The average molecular weight is 248 g/mol. The summed E-state index contributed by atoms with van der Waals surface area (Å²) in [5, 5.41) is 4.16. The molecule has 2 N–H and O–H groups in total. The predicted molar refractivity (Wildman–Crippen MR) is 62.5 cm³/mol. The lowest BCUT2D eigenvalue weighted by Crippen LogP contribution is -2.43. The molecule has 1 fully saturated rings. The van der Waals surface area contributed by atoms with Crippen LogP contribution in [-0.4, -0.2) is 48.9 Å². The second-order valence-corrected chi connectivity index (χ2v) is 4.89. The SMILES string of the molecule is CC(Cl)C(=O)NC(=O)NCC1CCN(C)C1. The fourth-order valence-electron chi connectivity index (χ4n) is 1.69. The lowest BCUT2D eigenvalue weighted by Gasteiger charge is -2.12. The number of carbonyl (C=O) groups excluding carboxylic acids is 2. The van der Waals surface area contributed by atoms with E-state index >= 15 is 0 Å². The van der Waals surface area contributed by atoms with Gasteiger partial charge in [-0.15, -0.1) is 11.6 Å². The monoisotopic (exact) mass is 247 g/mol. The molecule has 92 valence electrons. The standard InChI is InChI=1S/C10H18ClN3O2/c1-7(11)9(15)13-10(16)12-5-8-3-4-14(2)6-8/h7-8H,3-6H2,1-2H3,(H2,12,13,15,16). The second-order valence-electron chi connectivity index (χ2n) is 4.23. The number of alkyl halides is 1. The van der Waals surface area contributed by atoms with Crippen molar-refractivity contribution < 1.29 is 9.59 Å². The molecular weight excluding hydrogens is 230 g/mol. The Balaban J connectivity index is 2.18. The van der Waals surface area contributed by atoms with E-state index in [0.717, 1.165) is 19.5 Å². The van der Waals surface area contributed by atoms with E-state index in [2.05, 4.69) is 22.6 Å². The Kier molecular flexibility index (Phi) is 5.02. The fraction of sp³-hybridized carbons (Fsp3) is 0.800. The van der Waals surface area contributed by atoms with Crippen LogP contribution in [0.2, 0.25) is 0 Å². The van der Waals surface area contributed by atoms with Crippen LogP contribution < -0.4 is 10.6 Å². The molecule has 0 radical (unpaired) electrons. The second kappa shape index (κ2) is 6.06. The number of amides is 3. The predicted octanol–water partition coefficient (Wildman–Crippen LogP) is 0.391. The number of imide groups is 1. The first kappa shape index (κ1) is 13.3. The molecule has 0 aromatic carbocycles. The summed E-state index contributed by atoms with van der Waals surface area (Å²) in [6.07, 6.45) is 1.08. The summed E-state index contributed by atoms with van der Waals surface area (Å²) in [5.74, 6) is 0.00184. The summed E-state index contributed by atoms with van der Waals surface area (Å²) in [5.41, 5.74) is 0. The molecule has 5 nitrogen and oxygen atoms in total. The van der Waals surface area contributed by atoms with Crippen molar-refractivity contribution in [3.8, 4) is 0 Å². The van der Waals surface area contributed by atoms with E-state index in [9.17, 15) is 9.59 Å². The summed E-state index contributed by atoms with van der Waals surface area (Å²) in [7, 11) is 2.05. The Labute approximate surface area is 101 Å². The molecule has 1 heterocycles. The molecule has 0 spiro atoms.